The van der Waals surface area contributed by atoms with Crippen molar-refractivity contribution < 1.29 is 19.4 Å². The predicted octanol–water partition coefficient (Wildman–Crippen LogP) is 6.36. The first-order valence-corrected chi connectivity index (χ1v) is 12.0. The van der Waals surface area contributed by atoms with E-state index in [0.29, 0.717) is 18.5 Å². The Labute approximate surface area is 208 Å². The van der Waals surface area contributed by atoms with Crippen LogP contribution in [0, 0.1) is 5.41 Å². The first kappa shape index (κ1) is 25.5. The van der Waals surface area contributed by atoms with Crippen LogP contribution in [0.15, 0.2) is 65.3 Å². The zero-order valence-electron chi connectivity index (χ0n) is 19.6. The second kappa shape index (κ2) is 11.3. The fourth-order valence-corrected chi connectivity index (χ4v) is 3.78. The molecule has 2 N–H and O–H groups in total. The van der Waals surface area contributed by atoms with E-state index in [1.165, 1.54) is 0 Å². The average molecular weight is 528 g/mol. The van der Waals surface area contributed by atoms with Gasteiger partial charge in [-0.2, -0.15) is 0 Å². The van der Waals surface area contributed by atoms with Crippen molar-refractivity contribution in [1.29, 1.82) is 0 Å². The summed E-state index contributed by atoms with van der Waals surface area (Å²) in [6, 6.07) is 16.3. The fraction of sp³-hybridized carbons (Fsp3) is 0.346. The smallest absolute Gasteiger partial charge is 0.417 e. The number of hydrogen-bond donors (Lipinski definition) is 2. The summed E-state index contributed by atoms with van der Waals surface area (Å²) in [6.45, 7) is 6.44. The molecule has 0 bridgehead atoms. The van der Waals surface area contributed by atoms with Crippen molar-refractivity contribution in [2.24, 2.45) is 5.41 Å². The molecule has 0 saturated carbocycles. The molecular weight excluding hydrogens is 498 g/mol. The Hall–Kier alpha value is -3.13. The van der Waals surface area contributed by atoms with E-state index >= 15 is 0 Å². The van der Waals surface area contributed by atoms with E-state index in [-0.39, 0.29) is 17.8 Å². The molecule has 3 rings (SSSR count). The largest absolute Gasteiger partial charge is 0.464 e. The number of halogens is 1. The highest BCUT2D eigenvalue weighted by molar-refractivity contribution is 9.10. The highest BCUT2D eigenvalue weighted by atomic mass is 79.9. The first-order valence-electron chi connectivity index (χ1n) is 11.2. The lowest BCUT2D eigenvalue weighted by atomic mass is 9.85. The summed E-state index contributed by atoms with van der Waals surface area (Å²) in [5, 5.41) is 12.7. The number of ether oxygens (including phenoxy) is 1. The molecule has 7 nitrogen and oxygen atoms in total. The van der Waals surface area contributed by atoms with Crippen LogP contribution in [0.1, 0.15) is 55.9 Å². The molecule has 180 valence electrons. The van der Waals surface area contributed by atoms with Gasteiger partial charge in [-0.25, -0.2) is 19.1 Å². The third-order valence-electron chi connectivity index (χ3n) is 5.78. The Bertz CT molecular complexity index is 1110. The molecule has 1 amide bonds. The van der Waals surface area contributed by atoms with Gasteiger partial charge in [0.1, 0.15) is 12.4 Å². The van der Waals surface area contributed by atoms with Crippen LogP contribution in [0.4, 0.5) is 9.59 Å². The summed E-state index contributed by atoms with van der Waals surface area (Å²) in [6.07, 6.45) is 1.66. The molecular formula is C26H30BrN3O4. The van der Waals surface area contributed by atoms with Crippen LogP contribution in [-0.4, -0.2) is 26.8 Å². The maximum Gasteiger partial charge on any atom is 0.417 e. The molecule has 1 atom stereocenters. The second-order valence-corrected chi connectivity index (χ2v) is 9.94. The van der Waals surface area contributed by atoms with Crippen LogP contribution in [0.3, 0.4) is 0 Å². The molecule has 0 aliphatic carbocycles. The number of carbonyl (C=O) groups excluding carboxylic acids is 1. The lowest BCUT2D eigenvalue weighted by Gasteiger charge is -2.21. The minimum Gasteiger partial charge on any atom is -0.464 e. The summed E-state index contributed by atoms with van der Waals surface area (Å²) in [5.41, 5.74) is 2.42. The van der Waals surface area contributed by atoms with Crippen LogP contribution >= 0.6 is 15.9 Å². The fourth-order valence-electron chi connectivity index (χ4n) is 3.51. The lowest BCUT2D eigenvalue weighted by Crippen LogP contribution is -2.33. The highest BCUT2D eigenvalue weighted by Crippen LogP contribution is 2.27. The number of nitrogens with one attached hydrogen (secondary N) is 1. The molecule has 3 aromatic rings. The number of rotatable bonds is 9. The quantitative estimate of drug-likeness (QED) is 0.337. The van der Waals surface area contributed by atoms with E-state index < -0.39 is 18.2 Å². The van der Waals surface area contributed by atoms with E-state index in [4.69, 9.17) is 4.74 Å². The van der Waals surface area contributed by atoms with Gasteiger partial charge in [0.15, 0.2) is 0 Å². The molecule has 1 heterocycles. The minimum atomic E-state index is -1.15. The number of carboxylic acid groups (broad SMARTS) is 1. The predicted molar refractivity (Wildman–Crippen MR) is 134 cm³/mol. The first-order chi connectivity index (χ1) is 16.2. The van der Waals surface area contributed by atoms with Gasteiger partial charge in [-0.15, -0.1) is 0 Å². The maximum absolute atomic E-state index is 12.7. The van der Waals surface area contributed by atoms with Gasteiger partial charge in [0, 0.05) is 17.1 Å². The summed E-state index contributed by atoms with van der Waals surface area (Å²) in [5.74, 6) is 0.258. The number of nitrogens with zero attached hydrogens (tertiary/aromatic N) is 2. The molecule has 1 unspecified atom stereocenters. The van der Waals surface area contributed by atoms with E-state index in [1.807, 2.05) is 54.6 Å². The number of amides is 1. The van der Waals surface area contributed by atoms with Crippen molar-refractivity contribution in [2.45, 2.75) is 52.7 Å². The molecule has 8 heteroatoms. The summed E-state index contributed by atoms with van der Waals surface area (Å²) in [7, 11) is 0. The van der Waals surface area contributed by atoms with E-state index in [1.54, 1.807) is 6.20 Å². The van der Waals surface area contributed by atoms with E-state index in [0.717, 1.165) is 26.6 Å². The van der Waals surface area contributed by atoms with Gasteiger partial charge in [-0.1, -0.05) is 85.6 Å². The van der Waals surface area contributed by atoms with E-state index in [9.17, 15) is 14.7 Å². The minimum absolute atomic E-state index is 0.0296. The van der Waals surface area contributed by atoms with Crippen molar-refractivity contribution in [3.05, 3.63) is 87.9 Å². The van der Waals surface area contributed by atoms with Gasteiger partial charge in [0.05, 0.1) is 11.7 Å². The highest BCUT2D eigenvalue weighted by Gasteiger charge is 2.27. The SMILES string of the molecule is CCC(C)(C)Cc1cn(C(=O)O)c(C(Cc2ccc(Br)cc2)NC(=O)OCc2ccccc2)n1. The summed E-state index contributed by atoms with van der Waals surface area (Å²) < 4.78 is 7.43. The van der Waals surface area contributed by atoms with Crippen LogP contribution in [-0.2, 0) is 24.2 Å². The molecule has 2 aromatic carbocycles. The Balaban J connectivity index is 1.87. The van der Waals surface area contributed by atoms with Crippen molar-refractivity contribution in [3.63, 3.8) is 0 Å². The molecule has 0 fully saturated rings. The molecule has 0 radical (unpaired) electrons. The van der Waals surface area contributed by atoms with Crippen molar-refractivity contribution in [3.8, 4) is 0 Å². The third-order valence-corrected chi connectivity index (χ3v) is 6.30. The zero-order chi connectivity index (χ0) is 24.7. The molecule has 0 aliphatic heterocycles. The lowest BCUT2D eigenvalue weighted by molar-refractivity contribution is 0.134. The van der Waals surface area contributed by atoms with Gasteiger partial charge < -0.3 is 15.2 Å². The van der Waals surface area contributed by atoms with Gasteiger partial charge in [0.2, 0.25) is 0 Å². The zero-order valence-corrected chi connectivity index (χ0v) is 21.2. The molecule has 1 aromatic heterocycles. The number of alkyl carbamates (subject to hydrolysis) is 1. The molecule has 0 aliphatic rings. The Morgan fingerprint density at radius 3 is 2.41 bits per heavy atom. The number of carbonyl (C=O) groups is 2. The summed E-state index contributed by atoms with van der Waals surface area (Å²) in [4.78, 5) is 29.4. The Kier molecular flexibility index (Phi) is 8.50. The van der Waals surface area contributed by atoms with Gasteiger partial charge in [-0.3, -0.25) is 0 Å². The van der Waals surface area contributed by atoms with Gasteiger partial charge in [0.25, 0.3) is 0 Å². The average Bonchev–Trinajstić information content (AvgIpc) is 3.23. The van der Waals surface area contributed by atoms with Crippen molar-refractivity contribution in [1.82, 2.24) is 14.9 Å². The van der Waals surface area contributed by atoms with Gasteiger partial charge in [-0.05, 0) is 35.1 Å². The van der Waals surface area contributed by atoms with Crippen molar-refractivity contribution in [2.75, 3.05) is 0 Å². The topological polar surface area (TPSA) is 93.5 Å². The third kappa shape index (κ3) is 7.18. The number of benzene rings is 2. The van der Waals surface area contributed by atoms with E-state index in [2.05, 4.69) is 47.0 Å². The summed E-state index contributed by atoms with van der Waals surface area (Å²) >= 11 is 3.42. The number of hydrogen-bond acceptors (Lipinski definition) is 4. The molecule has 34 heavy (non-hydrogen) atoms. The van der Waals surface area contributed by atoms with Crippen LogP contribution < -0.4 is 5.32 Å². The number of imidazole rings is 1. The molecule has 0 spiro atoms. The second-order valence-electron chi connectivity index (χ2n) is 9.03. The van der Waals surface area contributed by atoms with Gasteiger partial charge >= 0.3 is 12.2 Å². The van der Waals surface area contributed by atoms with Crippen LogP contribution in [0.5, 0.6) is 0 Å². The Morgan fingerprint density at radius 2 is 1.79 bits per heavy atom. The molecule has 0 saturated heterocycles. The number of aromatic nitrogens is 2. The Morgan fingerprint density at radius 1 is 1.12 bits per heavy atom. The van der Waals surface area contributed by atoms with Crippen LogP contribution in [0.25, 0.3) is 0 Å². The normalized spacial score (nSPS) is 12.2. The van der Waals surface area contributed by atoms with Crippen molar-refractivity contribution >= 4 is 28.1 Å². The monoisotopic (exact) mass is 527 g/mol. The van der Waals surface area contributed by atoms with Crippen LogP contribution in [0.2, 0.25) is 0 Å². The maximum atomic E-state index is 12.7. The standard InChI is InChI=1S/C26H30BrN3O4/c1-4-26(2,3)15-21-16-30(25(32)33)23(28-21)22(14-18-10-12-20(27)13-11-18)29-24(31)34-17-19-8-6-5-7-9-19/h5-13,16,22H,4,14-15,17H2,1-3H3,(H,29,31)(H,32,33).